The monoisotopic (exact) mass is 486 g/mol. The molecule has 0 bridgehead atoms. The molecule has 2 aromatic carbocycles. The van der Waals surface area contributed by atoms with Crippen molar-refractivity contribution in [3.05, 3.63) is 35.9 Å². The van der Waals surface area contributed by atoms with Crippen LogP contribution in [0.3, 0.4) is 0 Å². The number of phenolic OH excluding ortho intramolecular Hbond substituents is 1. The Hall–Kier alpha value is -2.80. The fraction of sp³-hybridized carbons (Fsp3) is 0.571. The second-order valence-electron chi connectivity index (χ2n) is 8.88. The summed E-state index contributed by atoms with van der Waals surface area (Å²) in [5, 5.41) is 17.2. The summed E-state index contributed by atoms with van der Waals surface area (Å²) in [7, 11) is 1.28. The molecule has 0 fully saturated rings. The van der Waals surface area contributed by atoms with E-state index in [1.165, 1.54) is 64.9 Å². The fourth-order valence-corrected chi connectivity index (χ4v) is 4.06. The number of amides is 2. The Morgan fingerprint density at radius 3 is 2.17 bits per heavy atom. The van der Waals surface area contributed by atoms with E-state index < -0.39 is 6.09 Å². The minimum atomic E-state index is -0.603. The van der Waals surface area contributed by atoms with Gasteiger partial charge in [-0.15, -0.1) is 0 Å². The summed E-state index contributed by atoms with van der Waals surface area (Å²) in [6.07, 6.45) is 13.2. The van der Waals surface area contributed by atoms with Gasteiger partial charge >= 0.3 is 6.09 Å². The van der Waals surface area contributed by atoms with Gasteiger partial charge in [0.2, 0.25) is 0 Å². The predicted molar refractivity (Wildman–Crippen MR) is 141 cm³/mol. The maximum atomic E-state index is 12.6. The van der Waals surface area contributed by atoms with Crippen LogP contribution in [0.15, 0.2) is 30.3 Å². The second kappa shape index (κ2) is 16.8. The van der Waals surface area contributed by atoms with E-state index in [4.69, 9.17) is 4.74 Å². The number of phenols is 1. The highest BCUT2D eigenvalue weighted by molar-refractivity contribution is 6.08. The standard InChI is InChI=1S/C28H42N2O5/c1-3-4-5-6-7-8-9-10-11-12-20-35-21-14-19-29-27(32)24-18-17-22-23(26(24)31)15-13-16-25(22)30-28(33)34-2/h13,15-18,31H,3-12,14,19-21H2,1-2H3,(H,29,32)(H,30,33). The molecule has 7 heteroatoms. The number of fused-ring (bicyclic) bond motifs is 1. The largest absolute Gasteiger partial charge is 0.506 e. The van der Waals surface area contributed by atoms with Crippen molar-refractivity contribution in [1.29, 1.82) is 0 Å². The first-order valence-corrected chi connectivity index (χ1v) is 13.0. The molecule has 0 atom stereocenters. The van der Waals surface area contributed by atoms with Gasteiger partial charge in [-0.3, -0.25) is 10.1 Å². The van der Waals surface area contributed by atoms with E-state index >= 15 is 0 Å². The molecule has 0 aliphatic carbocycles. The molecule has 0 saturated heterocycles. The lowest BCUT2D eigenvalue weighted by Crippen LogP contribution is -2.25. The third kappa shape index (κ3) is 10.1. The maximum Gasteiger partial charge on any atom is 0.411 e. The van der Waals surface area contributed by atoms with Crippen molar-refractivity contribution >= 4 is 28.5 Å². The normalized spacial score (nSPS) is 10.9. The Bertz CT molecular complexity index is 916. The fourth-order valence-electron chi connectivity index (χ4n) is 4.06. The number of anilines is 1. The van der Waals surface area contributed by atoms with Crippen molar-refractivity contribution in [3.63, 3.8) is 0 Å². The molecule has 7 nitrogen and oxygen atoms in total. The van der Waals surface area contributed by atoms with E-state index in [1.54, 1.807) is 30.3 Å². The molecule has 0 heterocycles. The summed E-state index contributed by atoms with van der Waals surface area (Å²) in [6, 6.07) is 8.35. The number of aromatic hydroxyl groups is 1. The smallest absolute Gasteiger partial charge is 0.411 e. The number of hydrogen-bond donors (Lipinski definition) is 3. The zero-order valence-electron chi connectivity index (χ0n) is 21.4. The van der Waals surface area contributed by atoms with Gasteiger partial charge in [0.05, 0.1) is 18.4 Å². The zero-order valence-corrected chi connectivity index (χ0v) is 21.4. The van der Waals surface area contributed by atoms with Gasteiger partial charge in [-0.25, -0.2) is 4.79 Å². The first kappa shape index (κ1) is 28.4. The second-order valence-corrected chi connectivity index (χ2v) is 8.88. The van der Waals surface area contributed by atoms with Crippen LogP contribution in [0.4, 0.5) is 10.5 Å². The van der Waals surface area contributed by atoms with Gasteiger partial charge in [0.25, 0.3) is 5.91 Å². The Labute approximate surface area is 209 Å². The number of rotatable bonds is 17. The van der Waals surface area contributed by atoms with Crippen LogP contribution in [0.25, 0.3) is 10.8 Å². The van der Waals surface area contributed by atoms with Gasteiger partial charge < -0.3 is 19.9 Å². The average molecular weight is 487 g/mol. The molecular weight excluding hydrogens is 444 g/mol. The van der Waals surface area contributed by atoms with Crippen LogP contribution in [0.1, 0.15) is 87.9 Å². The molecule has 0 saturated carbocycles. The molecule has 194 valence electrons. The van der Waals surface area contributed by atoms with Crippen LogP contribution in [0.5, 0.6) is 5.75 Å². The number of ether oxygens (including phenoxy) is 2. The molecule has 0 aliphatic rings. The zero-order chi connectivity index (χ0) is 25.3. The first-order valence-electron chi connectivity index (χ1n) is 13.0. The number of unbranched alkanes of at least 4 members (excludes halogenated alkanes) is 9. The minimum absolute atomic E-state index is 0.120. The molecular formula is C28H42N2O5. The molecule has 3 N–H and O–H groups in total. The highest BCUT2D eigenvalue weighted by Gasteiger charge is 2.15. The van der Waals surface area contributed by atoms with Crippen LogP contribution in [0, 0.1) is 0 Å². The summed E-state index contributed by atoms with van der Waals surface area (Å²) < 4.78 is 10.3. The summed E-state index contributed by atoms with van der Waals surface area (Å²) in [5.41, 5.74) is 0.690. The number of nitrogens with one attached hydrogen (secondary N) is 2. The molecule has 2 amide bonds. The van der Waals surface area contributed by atoms with Crippen LogP contribution in [-0.4, -0.2) is 44.0 Å². The average Bonchev–Trinajstić information content (AvgIpc) is 2.86. The summed E-state index contributed by atoms with van der Waals surface area (Å²) in [4.78, 5) is 24.1. The number of benzene rings is 2. The van der Waals surface area contributed by atoms with Crippen molar-refractivity contribution < 1.29 is 24.2 Å². The van der Waals surface area contributed by atoms with Crippen molar-refractivity contribution in [2.24, 2.45) is 0 Å². The van der Waals surface area contributed by atoms with Crippen molar-refractivity contribution in [2.75, 3.05) is 32.2 Å². The van der Waals surface area contributed by atoms with Gasteiger partial charge in [0.15, 0.2) is 0 Å². The summed E-state index contributed by atoms with van der Waals surface area (Å²) in [5.74, 6) is -0.462. The van der Waals surface area contributed by atoms with Gasteiger partial charge in [-0.05, 0) is 25.0 Å². The van der Waals surface area contributed by atoms with Gasteiger partial charge in [-0.1, -0.05) is 82.9 Å². The number of carbonyl (C=O) groups is 2. The number of methoxy groups -OCH3 is 1. The SMILES string of the molecule is CCCCCCCCCCCCOCCCNC(=O)c1ccc2c(NC(=O)OC)cccc2c1O. The lowest BCUT2D eigenvalue weighted by atomic mass is 10.0. The van der Waals surface area contributed by atoms with Crippen LogP contribution in [0.2, 0.25) is 0 Å². The first-order chi connectivity index (χ1) is 17.1. The molecule has 0 spiro atoms. The Kier molecular flexibility index (Phi) is 13.6. The van der Waals surface area contributed by atoms with E-state index in [1.807, 2.05) is 0 Å². The highest BCUT2D eigenvalue weighted by Crippen LogP contribution is 2.33. The van der Waals surface area contributed by atoms with Crippen LogP contribution >= 0.6 is 0 Å². The quantitative estimate of drug-likeness (QED) is 0.214. The predicted octanol–water partition coefficient (Wildman–Crippen LogP) is 6.78. The van der Waals surface area contributed by atoms with Crippen molar-refractivity contribution in [2.45, 2.75) is 77.6 Å². The Balaban J connectivity index is 1.62. The third-order valence-corrected chi connectivity index (χ3v) is 6.09. The molecule has 2 aromatic rings. The summed E-state index contributed by atoms with van der Waals surface area (Å²) in [6.45, 7) is 4.08. The number of hydrogen-bond acceptors (Lipinski definition) is 5. The van der Waals surface area contributed by atoms with Gasteiger partial charge in [0, 0.05) is 30.5 Å². The van der Waals surface area contributed by atoms with E-state index in [0.717, 1.165) is 13.0 Å². The van der Waals surface area contributed by atoms with Crippen LogP contribution < -0.4 is 10.6 Å². The van der Waals surface area contributed by atoms with Crippen molar-refractivity contribution in [1.82, 2.24) is 5.32 Å². The van der Waals surface area contributed by atoms with E-state index in [9.17, 15) is 14.7 Å². The Morgan fingerprint density at radius 2 is 1.49 bits per heavy atom. The lowest BCUT2D eigenvalue weighted by Gasteiger charge is -2.12. The molecule has 2 rings (SSSR count). The highest BCUT2D eigenvalue weighted by atomic mass is 16.5. The summed E-state index contributed by atoms with van der Waals surface area (Å²) >= 11 is 0. The van der Waals surface area contributed by atoms with E-state index in [0.29, 0.717) is 36.0 Å². The molecule has 0 aromatic heterocycles. The van der Waals surface area contributed by atoms with Crippen LogP contribution in [-0.2, 0) is 9.47 Å². The van der Waals surface area contributed by atoms with E-state index in [-0.39, 0.29) is 17.2 Å². The Morgan fingerprint density at radius 1 is 0.829 bits per heavy atom. The molecule has 0 radical (unpaired) electrons. The topological polar surface area (TPSA) is 96.9 Å². The maximum absolute atomic E-state index is 12.6. The molecule has 0 aliphatic heterocycles. The van der Waals surface area contributed by atoms with Gasteiger partial charge in [-0.2, -0.15) is 0 Å². The number of carbonyl (C=O) groups excluding carboxylic acids is 2. The lowest BCUT2D eigenvalue weighted by molar-refractivity contribution is 0.0937. The minimum Gasteiger partial charge on any atom is -0.506 e. The van der Waals surface area contributed by atoms with Crippen molar-refractivity contribution in [3.8, 4) is 5.75 Å². The molecule has 35 heavy (non-hydrogen) atoms. The third-order valence-electron chi connectivity index (χ3n) is 6.09. The molecule has 0 unspecified atom stereocenters. The van der Waals surface area contributed by atoms with Gasteiger partial charge in [0.1, 0.15) is 5.75 Å². The van der Waals surface area contributed by atoms with E-state index in [2.05, 4.69) is 22.3 Å².